The molecule has 1 heterocycles. The third-order valence-electron chi connectivity index (χ3n) is 8.21. The minimum Gasteiger partial charge on any atom is -0.378 e. The number of anilines is 1. The second kappa shape index (κ2) is 9.83. The third kappa shape index (κ3) is 3.97. The second-order valence-corrected chi connectivity index (χ2v) is 14.7. The van der Waals surface area contributed by atoms with Crippen LogP contribution in [0.3, 0.4) is 0 Å². The van der Waals surface area contributed by atoms with Crippen molar-refractivity contribution in [2.24, 2.45) is 0 Å². The zero-order valence-corrected chi connectivity index (χ0v) is 24.4. The standard InChI is InChI=1S/C36H35N2Si/c1-26-14-12-13-19-31(26)36-32-22-20-27(37(2)3)24-34(32)39(29-15-8-6-9-16-29,30-17-10-7-11-18-30)35-25-28(38(4)5)21-23-33(35)36/h6-25H,1-5H3/q+1. The molecule has 0 bridgehead atoms. The van der Waals surface area contributed by atoms with Crippen LogP contribution < -0.4 is 20.5 Å². The molecule has 0 aromatic heterocycles. The van der Waals surface area contributed by atoms with Crippen LogP contribution in [0.1, 0.15) is 16.7 Å². The molecule has 0 saturated carbocycles. The van der Waals surface area contributed by atoms with Crippen molar-refractivity contribution in [3.8, 4) is 0 Å². The molecule has 0 saturated heterocycles. The van der Waals surface area contributed by atoms with Gasteiger partial charge in [-0.05, 0) is 73.7 Å². The predicted octanol–water partition coefficient (Wildman–Crippen LogP) is 5.10. The lowest BCUT2D eigenvalue weighted by molar-refractivity contribution is -0.462. The zero-order valence-electron chi connectivity index (χ0n) is 23.4. The first-order chi connectivity index (χ1) is 18.9. The van der Waals surface area contributed by atoms with Gasteiger partial charge in [0.2, 0.25) is 0 Å². The van der Waals surface area contributed by atoms with E-state index in [0.29, 0.717) is 0 Å². The van der Waals surface area contributed by atoms with E-state index < -0.39 is 8.07 Å². The summed E-state index contributed by atoms with van der Waals surface area (Å²) in [6, 6.07) is 38.5. The number of aryl methyl sites for hydroxylation is 1. The van der Waals surface area contributed by atoms with E-state index in [0.717, 1.165) is 0 Å². The summed E-state index contributed by atoms with van der Waals surface area (Å²) in [6.07, 6.45) is 7.14. The fraction of sp³-hybridized carbons (Fsp3) is 0.139. The van der Waals surface area contributed by atoms with Gasteiger partial charge in [0.25, 0.3) is 0 Å². The summed E-state index contributed by atoms with van der Waals surface area (Å²) in [5.74, 6) is 0. The van der Waals surface area contributed by atoms with E-state index in [-0.39, 0.29) is 0 Å². The number of benzene rings is 4. The number of hydrogen-bond acceptors (Lipinski definition) is 1. The average molecular weight is 524 g/mol. The van der Waals surface area contributed by atoms with Gasteiger partial charge in [0.05, 0.1) is 0 Å². The van der Waals surface area contributed by atoms with E-state index in [1.807, 2.05) is 0 Å². The zero-order chi connectivity index (χ0) is 27.1. The van der Waals surface area contributed by atoms with Crippen LogP contribution in [0.25, 0.3) is 5.57 Å². The Balaban J connectivity index is 1.86. The van der Waals surface area contributed by atoms with Gasteiger partial charge in [-0.15, -0.1) is 0 Å². The van der Waals surface area contributed by atoms with Crippen molar-refractivity contribution in [3.63, 3.8) is 0 Å². The van der Waals surface area contributed by atoms with Gasteiger partial charge in [0.15, 0.2) is 13.8 Å². The molecular formula is C36H35N2Si+. The summed E-state index contributed by atoms with van der Waals surface area (Å²) in [7, 11) is 5.87. The molecule has 0 N–H and O–H groups in total. The first-order valence-corrected chi connectivity index (χ1v) is 15.6. The van der Waals surface area contributed by atoms with Gasteiger partial charge in [-0.3, -0.25) is 0 Å². The molecule has 192 valence electrons. The van der Waals surface area contributed by atoms with Crippen LogP contribution in [-0.4, -0.2) is 46.6 Å². The van der Waals surface area contributed by atoms with Crippen molar-refractivity contribution in [3.05, 3.63) is 149 Å². The molecular weight excluding hydrogens is 488 g/mol. The van der Waals surface area contributed by atoms with Crippen molar-refractivity contribution < 1.29 is 4.58 Å². The Kier molecular flexibility index (Phi) is 6.32. The largest absolute Gasteiger partial charge is 0.378 e. The molecule has 6 rings (SSSR count). The lowest BCUT2D eigenvalue weighted by Gasteiger charge is -2.43. The monoisotopic (exact) mass is 523 g/mol. The number of fused-ring (bicyclic) bond motifs is 2. The van der Waals surface area contributed by atoms with Crippen molar-refractivity contribution in [1.82, 2.24) is 0 Å². The van der Waals surface area contributed by atoms with Crippen molar-refractivity contribution >= 4 is 40.6 Å². The minimum atomic E-state index is -2.70. The number of allylic oxidation sites excluding steroid dienone is 5. The highest BCUT2D eigenvalue weighted by Crippen LogP contribution is 2.42. The number of nitrogens with zero attached hydrogens (tertiary/aromatic N) is 2. The number of rotatable bonds is 4. The van der Waals surface area contributed by atoms with Gasteiger partial charge in [-0.25, -0.2) is 4.58 Å². The molecule has 0 radical (unpaired) electrons. The summed E-state index contributed by atoms with van der Waals surface area (Å²) in [6.45, 7) is 2.23. The maximum absolute atomic E-state index is 2.70. The topological polar surface area (TPSA) is 6.25 Å². The maximum atomic E-state index is 2.48. The molecule has 0 spiro atoms. The summed E-state index contributed by atoms with van der Waals surface area (Å²) in [4.78, 5) is 2.23. The fourth-order valence-electron chi connectivity index (χ4n) is 6.28. The van der Waals surface area contributed by atoms with Crippen LogP contribution in [0.4, 0.5) is 5.69 Å². The molecule has 3 heteroatoms. The van der Waals surface area contributed by atoms with E-state index in [2.05, 4.69) is 166 Å². The Morgan fingerprint density at radius 1 is 0.667 bits per heavy atom. The molecule has 4 aromatic carbocycles. The Morgan fingerprint density at radius 3 is 1.87 bits per heavy atom. The Hall–Kier alpha value is -4.21. The van der Waals surface area contributed by atoms with E-state index in [1.54, 1.807) is 0 Å². The minimum absolute atomic E-state index is 1.23. The van der Waals surface area contributed by atoms with Gasteiger partial charge in [-0.2, -0.15) is 0 Å². The SMILES string of the molecule is Cc1ccccc1C1=C2C=CC(=[N+](C)C)C=C2[Si](c2ccccc2)(c2ccccc2)c2cc(N(C)C)ccc21. The van der Waals surface area contributed by atoms with Crippen molar-refractivity contribution in [1.29, 1.82) is 0 Å². The summed E-state index contributed by atoms with van der Waals surface area (Å²) in [5.41, 5.74) is 9.09. The molecule has 2 nitrogen and oxygen atoms in total. The highest BCUT2D eigenvalue weighted by Gasteiger charge is 2.50. The lowest BCUT2D eigenvalue weighted by atomic mass is 9.87. The second-order valence-electron chi connectivity index (χ2n) is 10.9. The first kappa shape index (κ1) is 25.1. The summed E-state index contributed by atoms with van der Waals surface area (Å²) in [5, 5.41) is 5.73. The van der Waals surface area contributed by atoms with E-state index in [1.165, 1.54) is 60.0 Å². The predicted molar refractivity (Wildman–Crippen MR) is 170 cm³/mol. The normalized spacial score (nSPS) is 15.4. The summed E-state index contributed by atoms with van der Waals surface area (Å²) >= 11 is 0. The van der Waals surface area contributed by atoms with Crippen LogP contribution in [0.5, 0.6) is 0 Å². The van der Waals surface area contributed by atoms with E-state index >= 15 is 0 Å². The first-order valence-electron chi connectivity index (χ1n) is 13.6. The van der Waals surface area contributed by atoms with Gasteiger partial charge in [0.1, 0.15) is 14.1 Å². The third-order valence-corrected chi connectivity index (χ3v) is 13.1. The maximum Gasteiger partial charge on any atom is 0.199 e. The average Bonchev–Trinajstić information content (AvgIpc) is 2.97. The fourth-order valence-corrected chi connectivity index (χ4v) is 11.5. The Morgan fingerprint density at radius 2 is 1.28 bits per heavy atom. The van der Waals surface area contributed by atoms with Gasteiger partial charge in [-0.1, -0.05) is 91.0 Å². The van der Waals surface area contributed by atoms with Crippen molar-refractivity contribution in [2.45, 2.75) is 6.92 Å². The quantitative estimate of drug-likeness (QED) is 0.267. The van der Waals surface area contributed by atoms with E-state index in [9.17, 15) is 0 Å². The molecule has 2 aliphatic rings. The molecule has 0 atom stereocenters. The number of hydrogen-bond donors (Lipinski definition) is 0. The molecule has 1 aliphatic heterocycles. The van der Waals surface area contributed by atoms with Crippen LogP contribution in [0.15, 0.2) is 132 Å². The van der Waals surface area contributed by atoms with Crippen LogP contribution in [0, 0.1) is 6.92 Å². The van der Waals surface area contributed by atoms with Crippen LogP contribution in [0.2, 0.25) is 0 Å². The molecule has 39 heavy (non-hydrogen) atoms. The Labute approximate surface area is 233 Å². The molecule has 0 amide bonds. The molecule has 4 aromatic rings. The highest BCUT2D eigenvalue weighted by atomic mass is 28.3. The molecule has 0 fully saturated rings. The van der Waals surface area contributed by atoms with Gasteiger partial charge in [0, 0.05) is 31.9 Å². The van der Waals surface area contributed by atoms with Crippen molar-refractivity contribution in [2.75, 3.05) is 33.1 Å². The van der Waals surface area contributed by atoms with Crippen LogP contribution in [-0.2, 0) is 0 Å². The van der Waals surface area contributed by atoms with Gasteiger partial charge < -0.3 is 4.90 Å². The smallest absolute Gasteiger partial charge is 0.199 e. The highest BCUT2D eigenvalue weighted by molar-refractivity contribution is 7.17. The Bertz CT molecular complexity index is 1650. The van der Waals surface area contributed by atoms with Gasteiger partial charge >= 0.3 is 0 Å². The summed E-state index contributed by atoms with van der Waals surface area (Å²) < 4.78 is 2.23. The van der Waals surface area contributed by atoms with E-state index in [4.69, 9.17) is 0 Å². The molecule has 0 unspecified atom stereocenters. The lowest BCUT2D eigenvalue weighted by Crippen LogP contribution is -2.71. The van der Waals surface area contributed by atoms with Crippen LogP contribution >= 0.6 is 0 Å². The molecule has 1 aliphatic carbocycles.